The van der Waals surface area contributed by atoms with Crippen LogP contribution in [-0.2, 0) is 0 Å². The Morgan fingerprint density at radius 1 is 1.13 bits per heavy atom. The van der Waals surface area contributed by atoms with Crippen LogP contribution in [-0.4, -0.2) is 10.9 Å². The van der Waals surface area contributed by atoms with Gasteiger partial charge < -0.3 is 5.32 Å². The highest BCUT2D eigenvalue weighted by Crippen LogP contribution is 2.23. The molecule has 1 heterocycles. The van der Waals surface area contributed by atoms with E-state index >= 15 is 0 Å². The van der Waals surface area contributed by atoms with Crippen LogP contribution in [0.5, 0.6) is 0 Å². The lowest BCUT2D eigenvalue weighted by atomic mass is 10.1. The maximum absolute atomic E-state index is 12.9. The summed E-state index contributed by atoms with van der Waals surface area (Å²) in [4.78, 5) is 16.7. The highest BCUT2D eigenvalue weighted by atomic mass is 32.1. The molecule has 1 aromatic heterocycles. The number of rotatable bonds is 4. The summed E-state index contributed by atoms with van der Waals surface area (Å²) in [5.74, 6) is -0.528. The average Bonchev–Trinajstić information content (AvgIpc) is 3.06. The van der Waals surface area contributed by atoms with E-state index in [-0.39, 0.29) is 17.8 Å². The molecule has 1 N–H and O–H groups in total. The monoisotopic (exact) mass is 326 g/mol. The molecule has 3 aromatic rings. The Kier molecular flexibility index (Phi) is 4.48. The van der Waals surface area contributed by atoms with Crippen LogP contribution in [0.4, 0.5) is 4.39 Å². The fraction of sp³-hybridized carbons (Fsp3) is 0.111. The zero-order chi connectivity index (χ0) is 16.2. The number of nitrogens with one attached hydrogen (secondary N) is 1. The number of carbonyl (C=O) groups excluding carboxylic acids is 1. The van der Waals surface area contributed by atoms with Crippen molar-refractivity contribution in [3.63, 3.8) is 0 Å². The molecule has 0 aliphatic rings. The SMILES string of the molecule is C[C@@H](NC(=O)c1csc(-c2ccccc2)n1)c1ccc(F)cc1. The minimum Gasteiger partial charge on any atom is -0.344 e. The number of hydrogen-bond donors (Lipinski definition) is 1. The van der Waals surface area contributed by atoms with E-state index in [9.17, 15) is 9.18 Å². The Morgan fingerprint density at radius 3 is 2.52 bits per heavy atom. The first-order valence-corrected chi connectivity index (χ1v) is 8.09. The third kappa shape index (κ3) is 3.63. The van der Waals surface area contributed by atoms with Gasteiger partial charge in [0, 0.05) is 10.9 Å². The molecule has 23 heavy (non-hydrogen) atoms. The number of carbonyl (C=O) groups is 1. The zero-order valence-electron chi connectivity index (χ0n) is 12.5. The number of amides is 1. The molecule has 116 valence electrons. The Bertz CT molecular complexity index is 799. The van der Waals surface area contributed by atoms with Crippen molar-refractivity contribution in [3.8, 4) is 10.6 Å². The summed E-state index contributed by atoms with van der Waals surface area (Å²) in [6, 6.07) is 15.6. The fourth-order valence-electron chi connectivity index (χ4n) is 2.20. The predicted octanol–water partition coefficient (Wildman–Crippen LogP) is 4.44. The molecule has 0 bridgehead atoms. The standard InChI is InChI=1S/C18H15FN2OS/c1-12(13-7-9-15(19)10-8-13)20-17(22)16-11-23-18(21-16)14-5-3-2-4-6-14/h2-12H,1H3,(H,20,22)/t12-/m1/s1. The second kappa shape index (κ2) is 6.71. The summed E-state index contributed by atoms with van der Waals surface area (Å²) >= 11 is 1.43. The molecule has 0 spiro atoms. The highest BCUT2D eigenvalue weighted by molar-refractivity contribution is 7.13. The van der Waals surface area contributed by atoms with E-state index in [1.807, 2.05) is 37.3 Å². The second-order valence-corrected chi connectivity index (χ2v) is 6.01. The summed E-state index contributed by atoms with van der Waals surface area (Å²) < 4.78 is 12.9. The lowest BCUT2D eigenvalue weighted by molar-refractivity contribution is 0.0935. The van der Waals surface area contributed by atoms with Gasteiger partial charge in [-0.3, -0.25) is 4.79 Å². The molecule has 3 nitrogen and oxygen atoms in total. The normalized spacial score (nSPS) is 11.9. The molecule has 0 saturated heterocycles. The Morgan fingerprint density at radius 2 is 1.83 bits per heavy atom. The molecular weight excluding hydrogens is 311 g/mol. The van der Waals surface area contributed by atoms with Crippen LogP contribution in [0.1, 0.15) is 29.0 Å². The summed E-state index contributed by atoms with van der Waals surface area (Å²) in [7, 11) is 0. The van der Waals surface area contributed by atoms with Gasteiger partial charge in [0.2, 0.25) is 0 Å². The van der Waals surface area contributed by atoms with Crippen molar-refractivity contribution in [2.45, 2.75) is 13.0 Å². The minimum atomic E-state index is -0.292. The van der Waals surface area contributed by atoms with E-state index in [4.69, 9.17) is 0 Å². The van der Waals surface area contributed by atoms with E-state index in [0.717, 1.165) is 16.1 Å². The zero-order valence-corrected chi connectivity index (χ0v) is 13.3. The number of aromatic nitrogens is 1. The molecule has 1 atom stereocenters. The maximum atomic E-state index is 12.9. The third-order valence-corrected chi connectivity index (χ3v) is 4.37. The van der Waals surface area contributed by atoms with Crippen LogP contribution in [0.25, 0.3) is 10.6 Å². The quantitative estimate of drug-likeness (QED) is 0.770. The molecular formula is C18H15FN2OS. The van der Waals surface area contributed by atoms with Gasteiger partial charge in [-0.15, -0.1) is 11.3 Å². The highest BCUT2D eigenvalue weighted by Gasteiger charge is 2.15. The number of halogens is 1. The van der Waals surface area contributed by atoms with Crippen molar-refractivity contribution >= 4 is 17.2 Å². The van der Waals surface area contributed by atoms with Crippen molar-refractivity contribution < 1.29 is 9.18 Å². The fourth-order valence-corrected chi connectivity index (χ4v) is 3.00. The van der Waals surface area contributed by atoms with E-state index in [1.165, 1.54) is 23.5 Å². The molecule has 0 radical (unpaired) electrons. The second-order valence-electron chi connectivity index (χ2n) is 5.15. The summed E-state index contributed by atoms with van der Waals surface area (Å²) in [5.41, 5.74) is 2.23. The van der Waals surface area contributed by atoms with Crippen LogP contribution in [0.2, 0.25) is 0 Å². The van der Waals surface area contributed by atoms with Gasteiger partial charge in [0.05, 0.1) is 6.04 Å². The molecule has 0 aliphatic heterocycles. The van der Waals surface area contributed by atoms with Gasteiger partial charge in [-0.1, -0.05) is 42.5 Å². The molecule has 0 aliphatic carbocycles. The topological polar surface area (TPSA) is 42.0 Å². The van der Waals surface area contributed by atoms with Crippen molar-refractivity contribution in [2.24, 2.45) is 0 Å². The van der Waals surface area contributed by atoms with E-state index in [0.29, 0.717) is 5.69 Å². The number of thiazole rings is 1. The first-order valence-electron chi connectivity index (χ1n) is 7.21. The van der Waals surface area contributed by atoms with Gasteiger partial charge in [0.15, 0.2) is 0 Å². The van der Waals surface area contributed by atoms with E-state index < -0.39 is 0 Å². The molecule has 5 heteroatoms. The van der Waals surface area contributed by atoms with Gasteiger partial charge in [-0.25, -0.2) is 9.37 Å². The third-order valence-electron chi connectivity index (χ3n) is 3.48. The smallest absolute Gasteiger partial charge is 0.271 e. The van der Waals surface area contributed by atoms with Crippen LogP contribution < -0.4 is 5.32 Å². The van der Waals surface area contributed by atoms with Crippen LogP contribution >= 0.6 is 11.3 Å². The van der Waals surface area contributed by atoms with Gasteiger partial charge in [-0.2, -0.15) is 0 Å². The lowest BCUT2D eigenvalue weighted by Gasteiger charge is -2.13. The average molecular weight is 326 g/mol. The van der Waals surface area contributed by atoms with E-state index in [1.54, 1.807) is 17.5 Å². The number of hydrogen-bond acceptors (Lipinski definition) is 3. The van der Waals surface area contributed by atoms with Crippen LogP contribution in [0.3, 0.4) is 0 Å². The largest absolute Gasteiger partial charge is 0.344 e. The Hall–Kier alpha value is -2.53. The first-order chi connectivity index (χ1) is 11.1. The van der Waals surface area contributed by atoms with Crippen molar-refractivity contribution in [2.75, 3.05) is 0 Å². The molecule has 0 unspecified atom stereocenters. The predicted molar refractivity (Wildman–Crippen MR) is 89.8 cm³/mol. The van der Waals surface area contributed by atoms with Crippen LogP contribution in [0, 0.1) is 5.82 Å². The molecule has 0 saturated carbocycles. The summed E-state index contributed by atoms with van der Waals surface area (Å²) in [6.07, 6.45) is 0. The van der Waals surface area contributed by atoms with Gasteiger partial charge in [-0.05, 0) is 24.6 Å². The van der Waals surface area contributed by atoms with Crippen LogP contribution in [0.15, 0.2) is 60.0 Å². The summed E-state index contributed by atoms with van der Waals surface area (Å²) in [6.45, 7) is 1.86. The summed E-state index contributed by atoms with van der Waals surface area (Å²) in [5, 5.41) is 5.43. The van der Waals surface area contributed by atoms with Crippen molar-refractivity contribution in [1.29, 1.82) is 0 Å². The molecule has 3 rings (SSSR count). The maximum Gasteiger partial charge on any atom is 0.271 e. The van der Waals surface area contributed by atoms with E-state index in [2.05, 4.69) is 10.3 Å². The molecule has 2 aromatic carbocycles. The number of nitrogens with zero attached hydrogens (tertiary/aromatic N) is 1. The number of benzene rings is 2. The minimum absolute atomic E-state index is 0.218. The first kappa shape index (κ1) is 15.4. The molecule has 0 fully saturated rings. The Balaban J connectivity index is 1.71. The van der Waals surface area contributed by atoms with Gasteiger partial charge in [0.1, 0.15) is 16.5 Å². The van der Waals surface area contributed by atoms with Gasteiger partial charge >= 0.3 is 0 Å². The van der Waals surface area contributed by atoms with Crippen molar-refractivity contribution in [3.05, 3.63) is 77.1 Å². The van der Waals surface area contributed by atoms with Gasteiger partial charge in [0.25, 0.3) is 5.91 Å². The Labute approximate surface area is 137 Å². The lowest BCUT2D eigenvalue weighted by Crippen LogP contribution is -2.26. The molecule has 1 amide bonds. The van der Waals surface area contributed by atoms with Crippen molar-refractivity contribution in [1.82, 2.24) is 10.3 Å².